The van der Waals surface area contributed by atoms with Gasteiger partial charge in [-0.1, -0.05) is 11.8 Å². The number of carbonyl (C=O) groups excluding carboxylic acids is 1. The van der Waals surface area contributed by atoms with Crippen molar-refractivity contribution in [3.63, 3.8) is 0 Å². The Labute approximate surface area is 138 Å². The van der Waals surface area contributed by atoms with Gasteiger partial charge in [-0.05, 0) is 33.3 Å². The average Bonchev–Trinajstić information content (AvgIpc) is 2.79. The number of esters is 1. The molecule has 0 aliphatic carbocycles. The highest BCUT2D eigenvalue weighted by Gasteiger charge is 2.20. The first-order valence-electron chi connectivity index (χ1n) is 7.16. The first-order valence-corrected chi connectivity index (χ1v) is 8.86. The number of nitrogens with zero attached hydrogens (tertiary/aromatic N) is 2. The summed E-state index contributed by atoms with van der Waals surface area (Å²) < 4.78 is 10.4. The molecule has 0 bridgehead atoms. The number of fused-ring (bicyclic) bond motifs is 1. The minimum atomic E-state index is -0.320. The number of thioether (sulfide) groups is 1. The third kappa shape index (κ3) is 3.97. The Morgan fingerprint density at radius 1 is 1.36 bits per heavy atom. The largest absolute Gasteiger partial charge is 0.462 e. The quantitative estimate of drug-likeness (QED) is 0.333. The Kier molecular flexibility index (Phi) is 6.16. The lowest BCUT2D eigenvalue weighted by Crippen LogP contribution is -2.19. The van der Waals surface area contributed by atoms with Crippen LogP contribution in [0.2, 0.25) is 0 Å². The van der Waals surface area contributed by atoms with E-state index < -0.39 is 0 Å². The van der Waals surface area contributed by atoms with Gasteiger partial charge in [0.15, 0.2) is 0 Å². The molecule has 0 aliphatic heterocycles. The van der Waals surface area contributed by atoms with Crippen LogP contribution < -0.4 is 0 Å². The van der Waals surface area contributed by atoms with E-state index in [0.717, 1.165) is 15.2 Å². The molecule has 2 aromatic heterocycles. The topological polar surface area (TPSA) is 61.3 Å². The Morgan fingerprint density at radius 2 is 2.14 bits per heavy atom. The number of hydrogen-bond donors (Lipinski definition) is 0. The number of aryl methyl sites for hydroxylation is 2. The summed E-state index contributed by atoms with van der Waals surface area (Å²) in [6.07, 6.45) is 1.55. The third-order valence-corrected chi connectivity index (χ3v) is 5.42. The van der Waals surface area contributed by atoms with E-state index in [9.17, 15) is 4.79 Å². The average molecular weight is 340 g/mol. The van der Waals surface area contributed by atoms with Crippen molar-refractivity contribution in [3.8, 4) is 0 Å². The number of carbonyl (C=O) groups is 1. The van der Waals surface area contributed by atoms with E-state index in [1.54, 1.807) is 17.7 Å². The Hall–Kier alpha value is -1.18. The fourth-order valence-electron chi connectivity index (χ4n) is 1.92. The standard InChI is InChI=1S/C15H20N2O3S2/c1-5-19-6-7-20-15(18)11(4)22-14-12-9(2)10(3)21-13(12)16-8-17-14/h8,11H,5-7H2,1-4H3/t11-/m0/s1. The zero-order valence-corrected chi connectivity index (χ0v) is 14.8. The van der Waals surface area contributed by atoms with Crippen LogP contribution in [0.4, 0.5) is 0 Å². The van der Waals surface area contributed by atoms with Gasteiger partial charge in [0, 0.05) is 16.9 Å². The van der Waals surface area contributed by atoms with Gasteiger partial charge in [-0.25, -0.2) is 9.97 Å². The summed E-state index contributed by atoms with van der Waals surface area (Å²) in [6, 6.07) is 0. The summed E-state index contributed by atoms with van der Waals surface area (Å²) in [6.45, 7) is 9.21. The van der Waals surface area contributed by atoms with Gasteiger partial charge in [-0.15, -0.1) is 11.3 Å². The highest BCUT2D eigenvalue weighted by Crippen LogP contribution is 2.35. The Bertz CT molecular complexity index is 658. The van der Waals surface area contributed by atoms with Crippen LogP contribution in [0.1, 0.15) is 24.3 Å². The second-order valence-corrected chi connectivity index (χ2v) is 7.30. The molecule has 0 saturated heterocycles. The van der Waals surface area contributed by atoms with Crippen LogP contribution in [0.25, 0.3) is 10.2 Å². The van der Waals surface area contributed by atoms with Crippen molar-refractivity contribution >= 4 is 39.3 Å². The molecule has 2 rings (SSSR count). The van der Waals surface area contributed by atoms with Crippen LogP contribution in [0.3, 0.4) is 0 Å². The van der Waals surface area contributed by atoms with Gasteiger partial charge in [0.2, 0.25) is 0 Å². The Balaban J connectivity index is 2.05. The van der Waals surface area contributed by atoms with E-state index >= 15 is 0 Å². The zero-order chi connectivity index (χ0) is 16.1. The molecule has 0 spiro atoms. The minimum absolute atomic E-state index is 0.249. The molecule has 0 aromatic carbocycles. The van der Waals surface area contributed by atoms with E-state index in [1.165, 1.54) is 22.2 Å². The molecule has 0 aliphatic rings. The molecule has 120 valence electrons. The predicted octanol–water partition coefficient (Wildman–Crippen LogP) is 3.37. The molecular weight excluding hydrogens is 320 g/mol. The summed E-state index contributed by atoms with van der Waals surface area (Å²) in [5.74, 6) is -0.249. The van der Waals surface area contributed by atoms with Crippen molar-refractivity contribution in [1.82, 2.24) is 9.97 Å². The van der Waals surface area contributed by atoms with E-state index in [1.807, 2.05) is 13.8 Å². The summed E-state index contributed by atoms with van der Waals surface area (Å²) in [5.41, 5.74) is 1.18. The maximum Gasteiger partial charge on any atom is 0.319 e. The van der Waals surface area contributed by atoms with Gasteiger partial charge < -0.3 is 9.47 Å². The van der Waals surface area contributed by atoms with Crippen LogP contribution in [0, 0.1) is 13.8 Å². The van der Waals surface area contributed by atoms with E-state index in [4.69, 9.17) is 9.47 Å². The SMILES string of the molecule is CCOCCOC(=O)[C@H](C)Sc1ncnc2sc(C)c(C)c12. The maximum atomic E-state index is 12.0. The summed E-state index contributed by atoms with van der Waals surface area (Å²) >= 11 is 3.06. The second-order valence-electron chi connectivity index (χ2n) is 4.77. The predicted molar refractivity (Wildman–Crippen MR) is 89.7 cm³/mol. The number of hydrogen-bond acceptors (Lipinski definition) is 7. The van der Waals surface area contributed by atoms with E-state index in [2.05, 4.69) is 23.8 Å². The molecule has 0 N–H and O–H groups in total. The molecule has 1 atom stereocenters. The molecule has 5 nitrogen and oxygen atoms in total. The van der Waals surface area contributed by atoms with Crippen LogP contribution in [-0.4, -0.2) is 41.0 Å². The van der Waals surface area contributed by atoms with Crippen LogP contribution in [-0.2, 0) is 14.3 Å². The molecule has 0 fully saturated rings. The molecule has 22 heavy (non-hydrogen) atoms. The van der Waals surface area contributed by atoms with E-state index in [0.29, 0.717) is 13.2 Å². The lowest BCUT2D eigenvalue weighted by molar-refractivity contribution is -0.144. The number of aromatic nitrogens is 2. The monoisotopic (exact) mass is 340 g/mol. The van der Waals surface area contributed by atoms with Crippen LogP contribution in [0.5, 0.6) is 0 Å². The third-order valence-electron chi connectivity index (χ3n) is 3.23. The van der Waals surface area contributed by atoms with Crippen molar-refractivity contribution in [1.29, 1.82) is 0 Å². The molecule has 2 aromatic rings. The molecule has 0 radical (unpaired) electrons. The van der Waals surface area contributed by atoms with Gasteiger partial charge in [-0.2, -0.15) is 0 Å². The molecule has 0 saturated carbocycles. The summed E-state index contributed by atoms with van der Waals surface area (Å²) in [7, 11) is 0. The van der Waals surface area contributed by atoms with E-state index in [-0.39, 0.29) is 17.8 Å². The fourth-order valence-corrected chi connectivity index (χ4v) is 3.95. The minimum Gasteiger partial charge on any atom is -0.462 e. The van der Waals surface area contributed by atoms with Gasteiger partial charge >= 0.3 is 5.97 Å². The van der Waals surface area contributed by atoms with Gasteiger partial charge in [0.1, 0.15) is 28.0 Å². The van der Waals surface area contributed by atoms with Crippen molar-refractivity contribution in [3.05, 3.63) is 16.8 Å². The highest BCUT2D eigenvalue weighted by atomic mass is 32.2. The summed E-state index contributed by atoms with van der Waals surface area (Å²) in [4.78, 5) is 22.8. The van der Waals surface area contributed by atoms with Crippen molar-refractivity contribution in [2.24, 2.45) is 0 Å². The van der Waals surface area contributed by atoms with Gasteiger partial charge in [0.25, 0.3) is 0 Å². The van der Waals surface area contributed by atoms with Crippen LogP contribution in [0.15, 0.2) is 11.4 Å². The highest BCUT2D eigenvalue weighted by molar-refractivity contribution is 8.00. The first-order chi connectivity index (χ1) is 10.5. The molecular formula is C15H20N2O3S2. The summed E-state index contributed by atoms with van der Waals surface area (Å²) in [5, 5.41) is 1.56. The van der Waals surface area contributed by atoms with Crippen molar-refractivity contribution in [2.45, 2.75) is 38.0 Å². The van der Waals surface area contributed by atoms with Crippen molar-refractivity contribution < 1.29 is 14.3 Å². The van der Waals surface area contributed by atoms with Gasteiger partial charge in [0.05, 0.1) is 6.61 Å². The lowest BCUT2D eigenvalue weighted by atomic mass is 10.2. The fraction of sp³-hybridized carbons (Fsp3) is 0.533. The maximum absolute atomic E-state index is 12.0. The van der Waals surface area contributed by atoms with Crippen LogP contribution >= 0.6 is 23.1 Å². The van der Waals surface area contributed by atoms with Crippen molar-refractivity contribution in [2.75, 3.05) is 19.8 Å². The first kappa shape index (κ1) is 17.2. The lowest BCUT2D eigenvalue weighted by Gasteiger charge is -2.11. The number of rotatable bonds is 7. The second kappa shape index (κ2) is 7.89. The smallest absolute Gasteiger partial charge is 0.319 e. The normalized spacial score (nSPS) is 12.5. The Morgan fingerprint density at radius 3 is 2.86 bits per heavy atom. The van der Waals surface area contributed by atoms with Gasteiger partial charge in [-0.3, -0.25) is 4.79 Å². The molecule has 0 amide bonds. The molecule has 2 heterocycles. The molecule has 7 heteroatoms. The number of ether oxygens (including phenoxy) is 2. The zero-order valence-electron chi connectivity index (χ0n) is 13.2. The molecule has 0 unspecified atom stereocenters. The number of thiophene rings is 1.